The van der Waals surface area contributed by atoms with E-state index in [-0.39, 0.29) is 5.82 Å². The molecule has 2 aromatic rings. The van der Waals surface area contributed by atoms with Gasteiger partial charge >= 0.3 is 0 Å². The van der Waals surface area contributed by atoms with Gasteiger partial charge in [0, 0.05) is 30.9 Å². The Morgan fingerprint density at radius 3 is 2.50 bits per heavy atom. The SMILES string of the molecule is Cc1ccc(N(CCN)Cc2ccccc2F)c(C)c1. The molecule has 3 heteroatoms. The number of anilines is 1. The van der Waals surface area contributed by atoms with E-state index in [2.05, 4.69) is 36.9 Å². The maximum Gasteiger partial charge on any atom is 0.128 e. The average Bonchev–Trinajstić information content (AvgIpc) is 2.41. The van der Waals surface area contributed by atoms with Crippen molar-refractivity contribution < 1.29 is 4.39 Å². The smallest absolute Gasteiger partial charge is 0.128 e. The van der Waals surface area contributed by atoms with Crippen LogP contribution in [0, 0.1) is 19.7 Å². The third-order valence-corrected chi connectivity index (χ3v) is 3.41. The molecular weight excluding hydrogens is 251 g/mol. The first-order valence-electron chi connectivity index (χ1n) is 6.87. The quantitative estimate of drug-likeness (QED) is 0.903. The zero-order valence-corrected chi connectivity index (χ0v) is 12.1. The van der Waals surface area contributed by atoms with Crippen LogP contribution in [0.15, 0.2) is 42.5 Å². The summed E-state index contributed by atoms with van der Waals surface area (Å²) in [4.78, 5) is 2.13. The first-order chi connectivity index (χ1) is 9.61. The van der Waals surface area contributed by atoms with Crippen molar-refractivity contribution in [2.45, 2.75) is 20.4 Å². The van der Waals surface area contributed by atoms with Gasteiger partial charge in [-0.3, -0.25) is 0 Å². The second kappa shape index (κ2) is 6.53. The molecule has 2 aromatic carbocycles. The molecule has 106 valence electrons. The molecule has 0 aliphatic rings. The fraction of sp³-hybridized carbons (Fsp3) is 0.294. The van der Waals surface area contributed by atoms with Gasteiger partial charge in [-0.2, -0.15) is 0 Å². The normalized spacial score (nSPS) is 10.6. The molecule has 2 rings (SSSR count). The largest absolute Gasteiger partial charge is 0.366 e. The summed E-state index contributed by atoms with van der Waals surface area (Å²) in [6.07, 6.45) is 0. The van der Waals surface area contributed by atoms with Gasteiger partial charge in [0.1, 0.15) is 5.82 Å². The summed E-state index contributed by atoms with van der Waals surface area (Å²) >= 11 is 0. The molecule has 0 bridgehead atoms. The van der Waals surface area contributed by atoms with Crippen molar-refractivity contribution in [2.24, 2.45) is 5.73 Å². The highest BCUT2D eigenvalue weighted by molar-refractivity contribution is 5.54. The lowest BCUT2D eigenvalue weighted by Crippen LogP contribution is -2.29. The summed E-state index contributed by atoms with van der Waals surface area (Å²) in [5.41, 5.74) is 9.93. The van der Waals surface area contributed by atoms with Crippen LogP contribution in [-0.4, -0.2) is 13.1 Å². The summed E-state index contributed by atoms with van der Waals surface area (Å²) in [7, 11) is 0. The van der Waals surface area contributed by atoms with E-state index >= 15 is 0 Å². The molecule has 0 saturated carbocycles. The highest BCUT2D eigenvalue weighted by Crippen LogP contribution is 2.23. The minimum Gasteiger partial charge on any atom is -0.366 e. The first kappa shape index (κ1) is 14.5. The van der Waals surface area contributed by atoms with Crippen LogP contribution >= 0.6 is 0 Å². The van der Waals surface area contributed by atoms with Crippen LogP contribution in [0.2, 0.25) is 0 Å². The fourth-order valence-corrected chi connectivity index (χ4v) is 2.43. The third kappa shape index (κ3) is 3.36. The Kier molecular flexibility index (Phi) is 4.74. The highest BCUT2D eigenvalue weighted by Gasteiger charge is 2.11. The number of hydrogen-bond donors (Lipinski definition) is 1. The predicted molar refractivity (Wildman–Crippen MR) is 82.4 cm³/mol. The molecule has 2 N–H and O–H groups in total. The van der Waals surface area contributed by atoms with Crippen LogP contribution in [0.1, 0.15) is 16.7 Å². The minimum atomic E-state index is -0.167. The number of nitrogens with two attached hydrogens (primary N) is 1. The standard InChI is InChI=1S/C17H21FN2/c1-13-7-8-17(14(2)11-13)20(10-9-19)12-15-5-3-4-6-16(15)18/h3-8,11H,9-10,12,19H2,1-2H3. The number of benzene rings is 2. The van der Waals surface area contributed by atoms with Gasteiger partial charge in [-0.1, -0.05) is 35.9 Å². The zero-order valence-electron chi connectivity index (χ0n) is 12.1. The van der Waals surface area contributed by atoms with Crippen LogP contribution < -0.4 is 10.6 Å². The second-order valence-electron chi connectivity index (χ2n) is 5.09. The molecule has 0 aliphatic carbocycles. The molecule has 0 amide bonds. The van der Waals surface area contributed by atoms with E-state index in [1.165, 1.54) is 17.2 Å². The molecular formula is C17H21FN2. The summed E-state index contributed by atoms with van der Waals surface area (Å²) in [6.45, 7) is 5.93. The van der Waals surface area contributed by atoms with Crippen molar-refractivity contribution in [3.8, 4) is 0 Å². The molecule has 0 radical (unpaired) electrons. The lowest BCUT2D eigenvalue weighted by molar-refractivity contribution is 0.604. The zero-order chi connectivity index (χ0) is 14.5. The summed E-state index contributed by atoms with van der Waals surface area (Å²) in [5.74, 6) is -0.167. The van der Waals surface area contributed by atoms with Gasteiger partial charge in [0.2, 0.25) is 0 Å². The molecule has 0 fully saturated rings. The van der Waals surface area contributed by atoms with E-state index in [0.29, 0.717) is 25.2 Å². The monoisotopic (exact) mass is 272 g/mol. The van der Waals surface area contributed by atoms with E-state index in [1.807, 2.05) is 12.1 Å². The number of rotatable bonds is 5. The summed E-state index contributed by atoms with van der Waals surface area (Å²) < 4.78 is 13.8. The fourth-order valence-electron chi connectivity index (χ4n) is 2.43. The van der Waals surface area contributed by atoms with Crippen molar-refractivity contribution in [3.63, 3.8) is 0 Å². The molecule has 0 unspecified atom stereocenters. The van der Waals surface area contributed by atoms with Crippen molar-refractivity contribution >= 4 is 5.69 Å². The van der Waals surface area contributed by atoms with Gasteiger partial charge in [0.05, 0.1) is 0 Å². The van der Waals surface area contributed by atoms with Crippen molar-refractivity contribution in [2.75, 3.05) is 18.0 Å². The molecule has 20 heavy (non-hydrogen) atoms. The van der Waals surface area contributed by atoms with Crippen LogP contribution in [0.4, 0.5) is 10.1 Å². The van der Waals surface area contributed by atoms with Gasteiger partial charge in [-0.25, -0.2) is 4.39 Å². The maximum atomic E-state index is 13.8. The summed E-state index contributed by atoms with van der Waals surface area (Å²) in [6, 6.07) is 13.2. The van der Waals surface area contributed by atoms with Gasteiger partial charge in [-0.15, -0.1) is 0 Å². The number of halogens is 1. The lowest BCUT2D eigenvalue weighted by atomic mass is 10.1. The number of nitrogens with zero attached hydrogens (tertiary/aromatic N) is 1. The number of hydrogen-bond acceptors (Lipinski definition) is 2. The predicted octanol–water partition coefficient (Wildman–Crippen LogP) is 3.41. The van der Waals surface area contributed by atoms with E-state index < -0.39 is 0 Å². The van der Waals surface area contributed by atoms with E-state index in [4.69, 9.17) is 5.73 Å². The molecule has 0 spiro atoms. The maximum absolute atomic E-state index is 13.8. The Labute approximate surface area is 120 Å². The Morgan fingerprint density at radius 1 is 1.10 bits per heavy atom. The van der Waals surface area contributed by atoms with E-state index in [1.54, 1.807) is 6.07 Å². The van der Waals surface area contributed by atoms with Crippen molar-refractivity contribution in [1.29, 1.82) is 0 Å². The Hall–Kier alpha value is -1.87. The molecule has 0 heterocycles. The second-order valence-corrected chi connectivity index (χ2v) is 5.09. The Morgan fingerprint density at radius 2 is 1.85 bits per heavy atom. The van der Waals surface area contributed by atoms with E-state index in [0.717, 1.165) is 5.69 Å². The van der Waals surface area contributed by atoms with E-state index in [9.17, 15) is 4.39 Å². The lowest BCUT2D eigenvalue weighted by Gasteiger charge is -2.26. The Bertz CT molecular complexity index is 581. The minimum absolute atomic E-state index is 0.167. The van der Waals surface area contributed by atoms with Gasteiger partial charge in [-0.05, 0) is 31.5 Å². The van der Waals surface area contributed by atoms with Gasteiger partial charge in [0.25, 0.3) is 0 Å². The molecule has 0 aromatic heterocycles. The molecule has 0 saturated heterocycles. The van der Waals surface area contributed by atoms with Crippen LogP contribution in [0.5, 0.6) is 0 Å². The molecule has 2 nitrogen and oxygen atoms in total. The molecule has 0 aliphatic heterocycles. The average molecular weight is 272 g/mol. The van der Waals surface area contributed by atoms with Crippen LogP contribution in [-0.2, 0) is 6.54 Å². The van der Waals surface area contributed by atoms with Crippen LogP contribution in [0.25, 0.3) is 0 Å². The highest BCUT2D eigenvalue weighted by atomic mass is 19.1. The molecule has 0 atom stereocenters. The van der Waals surface area contributed by atoms with Crippen molar-refractivity contribution in [1.82, 2.24) is 0 Å². The van der Waals surface area contributed by atoms with Crippen LogP contribution in [0.3, 0.4) is 0 Å². The number of aryl methyl sites for hydroxylation is 2. The van der Waals surface area contributed by atoms with Crippen molar-refractivity contribution in [3.05, 3.63) is 65.0 Å². The van der Waals surface area contributed by atoms with Gasteiger partial charge < -0.3 is 10.6 Å². The Balaban J connectivity index is 2.29. The topological polar surface area (TPSA) is 29.3 Å². The third-order valence-electron chi connectivity index (χ3n) is 3.41. The summed E-state index contributed by atoms with van der Waals surface area (Å²) in [5, 5.41) is 0. The van der Waals surface area contributed by atoms with Gasteiger partial charge in [0.15, 0.2) is 0 Å². The first-order valence-corrected chi connectivity index (χ1v) is 6.87.